The molecule has 22 heavy (non-hydrogen) atoms. The van der Waals surface area contributed by atoms with Crippen LogP contribution in [0, 0.1) is 0 Å². The Kier molecular flexibility index (Phi) is 4.50. The van der Waals surface area contributed by atoms with E-state index in [1.54, 1.807) is 0 Å². The molecule has 0 aliphatic heterocycles. The maximum absolute atomic E-state index is 9.49. The fourth-order valence-electron chi connectivity index (χ4n) is 2.82. The SMILES string of the molecule is ON=C1/C(=C/c2ccccc2)CCC/C1=C\c1ccccc1. The molecule has 2 nitrogen and oxygen atoms in total. The zero-order valence-corrected chi connectivity index (χ0v) is 12.4. The number of oxime groups is 1. The molecule has 1 N–H and O–H groups in total. The molecule has 0 amide bonds. The minimum Gasteiger partial charge on any atom is -0.410 e. The number of nitrogens with zero attached hydrogens (tertiary/aromatic N) is 1. The Morgan fingerprint density at radius 3 is 1.59 bits per heavy atom. The quantitative estimate of drug-likeness (QED) is 0.600. The van der Waals surface area contributed by atoms with Crippen molar-refractivity contribution in [1.29, 1.82) is 0 Å². The average molecular weight is 289 g/mol. The van der Waals surface area contributed by atoms with E-state index in [0.29, 0.717) is 0 Å². The Morgan fingerprint density at radius 1 is 0.727 bits per heavy atom. The van der Waals surface area contributed by atoms with Crippen molar-refractivity contribution in [3.05, 3.63) is 82.9 Å². The first-order chi connectivity index (χ1) is 10.9. The molecule has 0 saturated heterocycles. The fraction of sp³-hybridized carbons (Fsp3) is 0.150. The van der Waals surface area contributed by atoms with Crippen LogP contribution in [0.2, 0.25) is 0 Å². The van der Waals surface area contributed by atoms with E-state index in [9.17, 15) is 5.21 Å². The second kappa shape index (κ2) is 6.90. The van der Waals surface area contributed by atoms with Gasteiger partial charge in [0, 0.05) is 0 Å². The Labute approximate surface area is 131 Å². The van der Waals surface area contributed by atoms with Crippen molar-refractivity contribution in [2.24, 2.45) is 5.16 Å². The summed E-state index contributed by atoms with van der Waals surface area (Å²) in [5.74, 6) is 0. The van der Waals surface area contributed by atoms with Crippen molar-refractivity contribution in [3.8, 4) is 0 Å². The van der Waals surface area contributed by atoms with E-state index in [-0.39, 0.29) is 0 Å². The minimum atomic E-state index is 0.721. The number of allylic oxidation sites excluding steroid dienone is 2. The monoisotopic (exact) mass is 289 g/mol. The molecule has 0 spiro atoms. The molecule has 1 aliphatic rings. The Morgan fingerprint density at radius 2 is 1.18 bits per heavy atom. The molecular formula is C20H19NO. The highest BCUT2D eigenvalue weighted by atomic mass is 16.4. The van der Waals surface area contributed by atoms with Crippen molar-refractivity contribution >= 4 is 17.9 Å². The summed E-state index contributed by atoms with van der Waals surface area (Å²) in [5, 5.41) is 13.1. The van der Waals surface area contributed by atoms with Crippen LogP contribution < -0.4 is 0 Å². The van der Waals surface area contributed by atoms with Crippen LogP contribution in [0.5, 0.6) is 0 Å². The Hall–Kier alpha value is -2.61. The molecule has 0 radical (unpaired) electrons. The van der Waals surface area contributed by atoms with Gasteiger partial charge in [0.2, 0.25) is 0 Å². The molecule has 2 aromatic rings. The lowest BCUT2D eigenvalue weighted by Gasteiger charge is -2.19. The van der Waals surface area contributed by atoms with Crippen LogP contribution in [0.25, 0.3) is 12.2 Å². The van der Waals surface area contributed by atoms with Crippen LogP contribution in [0.3, 0.4) is 0 Å². The van der Waals surface area contributed by atoms with E-state index in [1.165, 1.54) is 0 Å². The highest BCUT2D eigenvalue weighted by Gasteiger charge is 2.19. The highest BCUT2D eigenvalue weighted by molar-refractivity contribution is 6.17. The fourth-order valence-corrected chi connectivity index (χ4v) is 2.82. The van der Waals surface area contributed by atoms with Gasteiger partial charge >= 0.3 is 0 Å². The highest BCUT2D eigenvalue weighted by Crippen LogP contribution is 2.29. The summed E-state index contributed by atoms with van der Waals surface area (Å²) < 4.78 is 0. The van der Waals surface area contributed by atoms with E-state index in [0.717, 1.165) is 47.2 Å². The molecule has 0 atom stereocenters. The molecule has 0 bridgehead atoms. The van der Waals surface area contributed by atoms with Gasteiger partial charge in [0.25, 0.3) is 0 Å². The van der Waals surface area contributed by atoms with Crippen LogP contribution in [-0.4, -0.2) is 10.9 Å². The normalized spacial score (nSPS) is 18.6. The molecule has 1 aliphatic carbocycles. The average Bonchev–Trinajstić information content (AvgIpc) is 2.57. The van der Waals surface area contributed by atoms with Gasteiger partial charge in [-0.05, 0) is 53.7 Å². The van der Waals surface area contributed by atoms with Gasteiger partial charge in [0.05, 0.1) is 0 Å². The van der Waals surface area contributed by atoms with Crippen LogP contribution >= 0.6 is 0 Å². The van der Waals surface area contributed by atoms with Crippen molar-refractivity contribution in [1.82, 2.24) is 0 Å². The summed E-state index contributed by atoms with van der Waals surface area (Å²) in [6, 6.07) is 20.4. The molecular weight excluding hydrogens is 270 g/mol. The summed E-state index contributed by atoms with van der Waals surface area (Å²) in [4.78, 5) is 0. The summed E-state index contributed by atoms with van der Waals surface area (Å²) in [6.07, 6.45) is 7.21. The molecule has 1 saturated carbocycles. The summed E-state index contributed by atoms with van der Waals surface area (Å²) >= 11 is 0. The number of hydrogen-bond acceptors (Lipinski definition) is 2. The molecule has 0 aromatic heterocycles. The minimum absolute atomic E-state index is 0.721. The number of benzene rings is 2. The van der Waals surface area contributed by atoms with Crippen molar-refractivity contribution in [3.63, 3.8) is 0 Å². The third-order valence-electron chi connectivity index (χ3n) is 3.88. The van der Waals surface area contributed by atoms with E-state index in [2.05, 4.69) is 41.6 Å². The zero-order chi connectivity index (χ0) is 15.2. The van der Waals surface area contributed by atoms with Crippen LogP contribution in [0.15, 0.2) is 77.0 Å². The van der Waals surface area contributed by atoms with Gasteiger partial charge in [-0.15, -0.1) is 0 Å². The molecule has 0 unspecified atom stereocenters. The van der Waals surface area contributed by atoms with Crippen molar-refractivity contribution in [2.45, 2.75) is 19.3 Å². The van der Waals surface area contributed by atoms with Gasteiger partial charge in [-0.25, -0.2) is 0 Å². The van der Waals surface area contributed by atoms with Gasteiger partial charge < -0.3 is 5.21 Å². The lowest BCUT2D eigenvalue weighted by atomic mass is 9.86. The molecule has 1 fully saturated rings. The Bertz CT molecular complexity index is 652. The standard InChI is InChI=1S/C20H19NO/c22-21-20-18(14-16-8-3-1-4-9-16)12-7-13-19(20)15-17-10-5-2-6-11-17/h1-6,8-11,14-15,22H,7,12-13H2/b18-14+,19-15+. The summed E-state index contributed by atoms with van der Waals surface area (Å²) in [6.45, 7) is 0. The van der Waals surface area contributed by atoms with Crippen LogP contribution in [-0.2, 0) is 0 Å². The number of rotatable bonds is 2. The molecule has 0 heterocycles. The van der Waals surface area contributed by atoms with Crippen LogP contribution in [0.4, 0.5) is 0 Å². The van der Waals surface area contributed by atoms with Crippen LogP contribution in [0.1, 0.15) is 30.4 Å². The summed E-state index contributed by atoms with van der Waals surface area (Å²) in [7, 11) is 0. The van der Waals surface area contributed by atoms with Gasteiger partial charge in [0.15, 0.2) is 0 Å². The van der Waals surface area contributed by atoms with Crippen molar-refractivity contribution < 1.29 is 5.21 Å². The maximum Gasteiger partial charge on any atom is 0.109 e. The molecule has 3 rings (SSSR count). The van der Waals surface area contributed by atoms with E-state index in [1.807, 2.05) is 36.4 Å². The van der Waals surface area contributed by atoms with Gasteiger partial charge in [-0.2, -0.15) is 0 Å². The zero-order valence-electron chi connectivity index (χ0n) is 12.4. The molecule has 110 valence electrons. The van der Waals surface area contributed by atoms with E-state index >= 15 is 0 Å². The Balaban J connectivity index is 1.94. The van der Waals surface area contributed by atoms with Gasteiger partial charge in [-0.1, -0.05) is 65.8 Å². The topological polar surface area (TPSA) is 32.6 Å². The van der Waals surface area contributed by atoms with E-state index < -0.39 is 0 Å². The first kappa shape index (κ1) is 14.3. The smallest absolute Gasteiger partial charge is 0.109 e. The first-order valence-electron chi connectivity index (χ1n) is 7.61. The second-order valence-electron chi connectivity index (χ2n) is 5.46. The van der Waals surface area contributed by atoms with Gasteiger partial charge in [0.1, 0.15) is 5.71 Å². The van der Waals surface area contributed by atoms with E-state index in [4.69, 9.17) is 0 Å². The molecule has 2 aromatic carbocycles. The number of hydrogen-bond donors (Lipinski definition) is 1. The predicted molar refractivity (Wildman–Crippen MR) is 91.9 cm³/mol. The summed E-state index contributed by atoms with van der Waals surface area (Å²) in [5.41, 5.74) is 5.20. The predicted octanol–water partition coefficient (Wildman–Crippen LogP) is 5.17. The van der Waals surface area contributed by atoms with Crippen molar-refractivity contribution in [2.75, 3.05) is 0 Å². The third-order valence-corrected chi connectivity index (χ3v) is 3.88. The maximum atomic E-state index is 9.49. The lowest BCUT2D eigenvalue weighted by Crippen LogP contribution is -2.13. The largest absolute Gasteiger partial charge is 0.410 e. The lowest BCUT2D eigenvalue weighted by molar-refractivity contribution is 0.318. The molecule has 2 heteroatoms. The first-order valence-corrected chi connectivity index (χ1v) is 7.61. The van der Waals surface area contributed by atoms with Gasteiger partial charge in [-0.3, -0.25) is 0 Å². The second-order valence-corrected chi connectivity index (χ2v) is 5.46. The third kappa shape index (κ3) is 3.34.